The zero-order valence-corrected chi connectivity index (χ0v) is 21.4. The van der Waals surface area contributed by atoms with Gasteiger partial charge in [-0.3, -0.25) is 24.3 Å². The minimum Gasteiger partial charge on any atom is -0.481 e. The van der Waals surface area contributed by atoms with Crippen molar-refractivity contribution in [3.63, 3.8) is 0 Å². The van der Waals surface area contributed by atoms with Crippen LogP contribution in [0.25, 0.3) is 0 Å². The lowest BCUT2D eigenvalue weighted by Crippen LogP contribution is -2.49. The number of carboxylic acids is 1. The third-order valence-electron chi connectivity index (χ3n) is 8.63. The Bertz CT molecular complexity index is 1230. The van der Waals surface area contributed by atoms with E-state index >= 15 is 0 Å². The number of alkyl halides is 3. The van der Waals surface area contributed by atoms with E-state index in [1.165, 1.54) is 12.1 Å². The molecule has 1 saturated carbocycles. The SMILES string of the molecule is O=C(NCC(=O)N1CC[C@@H]2[C@H]1CCN2C1CCC(C(=O)O)(c2ccccn2)CC1)c1cccc(C(F)(F)F)c1. The van der Waals surface area contributed by atoms with E-state index in [1.54, 1.807) is 23.2 Å². The Hall–Kier alpha value is -3.47. The fourth-order valence-electron chi connectivity index (χ4n) is 6.63. The number of carbonyl (C=O) groups excluding carboxylic acids is 2. The lowest BCUT2D eigenvalue weighted by Gasteiger charge is -2.41. The van der Waals surface area contributed by atoms with E-state index in [2.05, 4.69) is 15.2 Å². The van der Waals surface area contributed by atoms with Crippen LogP contribution in [0.1, 0.15) is 60.1 Å². The number of nitrogens with one attached hydrogen (secondary N) is 1. The molecule has 208 valence electrons. The maximum Gasteiger partial charge on any atom is 0.416 e. The summed E-state index contributed by atoms with van der Waals surface area (Å²) < 4.78 is 38.9. The van der Waals surface area contributed by atoms with Gasteiger partial charge in [0.25, 0.3) is 5.91 Å². The van der Waals surface area contributed by atoms with Crippen molar-refractivity contribution in [2.24, 2.45) is 0 Å². The van der Waals surface area contributed by atoms with Crippen molar-refractivity contribution >= 4 is 17.8 Å². The largest absolute Gasteiger partial charge is 0.481 e. The maximum absolute atomic E-state index is 13.0. The number of amides is 2. The zero-order chi connectivity index (χ0) is 27.8. The topological polar surface area (TPSA) is 103 Å². The average Bonchev–Trinajstić information content (AvgIpc) is 3.54. The Balaban J connectivity index is 1.17. The molecule has 1 aromatic carbocycles. The number of rotatable bonds is 6. The molecule has 2 aliphatic heterocycles. The Morgan fingerprint density at radius 3 is 2.41 bits per heavy atom. The highest BCUT2D eigenvalue weighted by Crippen LogP contribution is 2.43. The van der Waals surface area contributed by atoms with Crippen LogP contribution in [0.3, 0.4) is 0 Å². The maximum atomic E-state index is 13.0. The van der Waals surface area contributed by atoms with Crippen molar-refractivity contribution in [3.8, 4) is 0 Å². The van der Waals surface area contributed by atoms with Gasteiger partial charge in [-0.05, 0) is 68.9 Å². The second-order valence-electron chi connectivity index (χ2n) is 10.6. The number of pyridine rings is 1. The lowest BCUT2D eigenvalue weighted by molar-refractivity contribution is -0.146. The number of carbonyl (C=O) groups is 3. The predicted octanol–water partition coefficient (Wildman–Crippen LogP) is 3.47. The van der Waals surface area contributed by atoms with Crippen LogP contribution in [0.5, 0.6) is 0 Å². The highest BCUT2D eigenvalue weighted by molar-refractivity contribution is 5.96. The van der Waals surface area contributed by atoms with Gasteiger partial charge in [0.05, 0.1) is 17.8 Å². The third-order valence-corrected chi connectivity index (χ3v) is 8.63. The molecule has 2 saturated heterocycles. The molecule has 3 heterocycles. The Kier molecular flexibility index (Phi) is 7.37. The number of hydrogen-bond donors (Lipinski definition) is 2. The lowest BCUT2D eigenvalue weighted by atomic mass is 9.69. The summed E-state index contributed by atoms with van der Waals surface area (Å²) in [6.45, 7) is 1.07. The molecule has 0 radical (unpaired) electrons. The number of likely N-dealkylation sites (tertiary alicyclic amines) is 2. The van der Waals surface area contributed by atoms with Gasteiger partial charge < -0.3 is 15.3 Å². The highest BCUT2D eigenvalue weighted by atomic mass is 19.4. The van der Waals surface area contributed by atoms with E-state index in [1.807, 2.05) is 6.07 Å². The number of hydrogen-bond acceptors (Lipinski definition) is 5. The second-order valence-corrected chi connectivity index (χ2v) is 10.6. The molecule has 2 aromatic rings. The van der Waals surface area contributed by atoms with E-state index < -0.39 is 29.0 Å². The van der Waals surface area contributed by atoms with Gasteiger partial charge >= 0.3 is 12.1 Å². The molecule has 3 aliphatic rings. The van der Waals surface area contributed by atoms with Gasteiger partial charge in [-0.2, -0.15) is 13.2 Å². The molecule has 0 bridgehead atoms. The summed E-state index contributed by atoms with van der Waals surface area (Å²) >= 11 is 0. The molecule has 0 unspecified atom stereocenters. The first-order valence-corrected chi connectivity index (χ1v) is 13.3. The van der Waals surface area contributed by atoms with Gasteiger partial charge in [-0.1, -0.05) is 12.1 Å². The van der Waals surface area contributed by atoms with Crippen LogP contribution in [0.2, 0.25) is 0 Å². The number of benzene rings is 1. The van der Waals surface area contributed by atoms with E-state index in [0.29, 0.717) is 25.1 Å². The van der Waals surface area contributed by atoms with Gasteiger partial charge in [0.15, 0.2) is 0 Å². The molecule has 8 nitrogen and oxygen atoms in total. The standard InChI is InChI=1S/C28H31F3N4O4/c29-28(30,31)19-5-3-4-18(16-19)25(37)33-17-24(36)35-15-10-21-22(35)9-14-34(21)20-7-11-27(12-8-20,26(38)39)23-6-1-2-13-32-23/h1-6,13,16,20-22H,7-12,14-15,17H2,(H,33,37)(H,38,39)/t20?,21-,22-,27?/m1/s1. The van der Waals surface area contributed by atoms with Crippen molar-refractivity contribution in [1.82, 2.24) is 20.1 Å². The van der Waals surface area contributed by atoms with Crippen molar-refractivity contribution in [1.29, 1.82) is 0 Å². The van der Waals surface area contributed by atoms with Crippen LogP contribution in [0, 0.1) is 0 Å². The van der Waals surface area contributed by atoms with Crippen LogP contribution in [-0.4, -0.2) is 75.4 Å². The molecule has 2 atom stereocenters. The third kappa shape index (κ3) is 5.24. The summed E-state index contributed by atoms with van der Waals surface area (Å²) in [6.07, 6.45) is 1.11. The first kappa shape index (κ1) is 27.1. The summed E-state index contributed by atoms with van der Waals surface area (Å²) in [7, 11) is 0. The first-order valence-electron chi connectivity index (χ1n) is 13.3. The molecular weight excluding hydrogens is 513 g/mol. The van der Waals surface area contributed by atoms with Gasteiger partial charge in [-0.15, -0.1) is 0 Å². The number of nitrogens with zero attached hydrogens (tertiary/aromatic N) is 3. The van der Waals surface area contributed by atoms with Crippen LogP contribution < -0.4 is 5.32 Å². The summed E-state index contributed by atoms with van der Waals surface area (Å²) in [4.78, 5) is 46.2. The quantitative estimate of drug-likeness (QED) is 0.578. The average molecular weight is 545 g/mol. The number of carboxylic acid groups (broad SMARTS) is 1. The van der Waals surface area contributed by atoms with Gasteiger partial charge in [0.2, 0.25) is 5.91 Å². The zero-order valence-electron chi connectivity index (χ0n) is 21.4. The predicted molar refractivity (Wildman–Crippen MR) is 135 cm³/mol. The highest BCUT2D eigenvalue weighted by Gasteiger charge is 2.50. The molecule has 0 spiro atoms. The van der Waals surface area contributed by atoms with E-state index in [-0.39, 0.29) is 36.1 Å². The summed E-state index contributed by atoms with van der Waals surface area (Å²) in [5.41, 5.74) is -1.45. The fraction of sp³-hybridized carbons (Fsp3) is 0.500. The van der Waals surface area contributed by atoms with Crippen LogP contribution in [-0.2, 0) is 21.2 Å². The summed E-state index contributed by atoms with van der Waals surface area (Å²) in [5, 5.41) is 12.5. The van der Waals surface area contributed by atoms with Gasteiger partial charge in [0.1, 0.15) is 5.41 Å². The molecule has 5 rings (SSSR count). The molecule has 3 fully saturated rings. The van der Waals surface area contributed by atoms with E-state index in [9.17, 15) is 32.7 Å². The number of fused-ring (bicyclic) bond motifs is 1. The second kappa shape index (κ2) is 10.6. The van der Waals surface area contributed by atoms with Crippen LogP contribution in [0.15, 0.2) is 48.7 Å². The minimum absolute atomic E-state index is 0.00454. The normalized spacial score (nSPS) is 27.3. The Labute approximate surface area is 224 Å². The fourth-order valence-corrected chi connectivity index (χ4v) is 6.63. The molecular formula is C28H31F3N4O4. The number of aromatic nitrogens is 1. The van der Waals surface area contributed by atoms with Crippen LogP contribution >= 0.6 is 0 Å². The van der Waals surface area contributed by atoms with Crippen molar-refractivity contribution in [2.45, 2.75) is 68.2 Å². The number of halogens is 3. The molecule has 2 N–H and O–H groups in total. The van der Waals surface area contributed by atoms with Crippen molar-refractivity contribution in [3.05, 3.63) is 65.5 Å². The van der Waals surface area contributed by atoms with Crippen molar-refractivity contribution in [2.75, 3.05) is 19.6 Å². The van der Waals surface area contributed by atoms with Crippen molar-refractivity contribution < 1.29 is 32.7 Å². The molecule has 2 amide bonds. The number of aliphatic carboxylic acids is 1. The summed E-state index contributed by atoms with van der Waals surface area (Å²) in [6, 6.07) is 9.90. The first-order chi connectivity index (χ1) is 18.6. The smallest absolute Gasteiger partial charge is 0.416 e. The van der Waals surface area contributed by atoms with E-state index in [4.69, 9.17) is 0 Å². The van der Waals surface area contributed by atoms with Gasteiger partial charge in [-0.25, -0.2) is 0 Å². The van der Waals surface area contributed by atoms with Gasteiger partial charge in [0, 0.05) is 43.0 Å². The molecule has 11 heteroatoms. The van der Waals surface area contributed by atoms with E-state index in [0.717, 1.165) is 44.4 Å². The Morgan fingerprint density at radius 1 is 1.00 bits per heavy atom. The molecule has 1 aliphatic carbocycles. The van der Waals surface area contributed by atoms with Crippen LogP contribution in [0.4, 0.5) is 13.2 Å². The minimum atomic E-state index is -4.56. The molecule has 39 heavy (non-hydrogen) atoms. The molecule has 1 aromatic heterocycles. The Morgan fingerprint density at radius 2 is 1.74 bits per heavy atom. The summed E-state index contributed by atoms with van der Waals surface area (Å²) in [5.74, 6) is -1.83. The monoisotopic (exact) mass is 544 g/mol.